The minimum Gasteiger partial charge on any atom is -0.350 e. The van der Waals surface area contributed by atoms with Crippen LogP contribution in [-0.2, 0) is 26.2 Å². The van der Waals surface area contributed by atoms with Crippen molar-refractivity contribution < 1.29 is 18.0 Å². The molecule has 0 aliphatic rings. The summed E-state index contributed by atoms with van der Waals surface area (Å²) in [4.78, 5) is 28.3. The zero-order chi connectivity index (χ0) is 26.6. The van der Waals surface area contributed by atoms with Gasteiger partial charge in [0.15, 0.2) is 0 Å². The van der Waals surface area contributed by atoms with E-state index in [4.69, 9.17) is 23.2 Å². The van der Waals surface area contributed by atoms with Crippen LogP contribution in [0.2, 0.25) is 10.0 Å². The topological polar surface area (TPSA) is 86.8 Å². The van der Waals surface area contributed by atoms with Gasteiger partial charge < -0.3 is 10.2 Å². The molecule has 0 unspecified atom stereocenters. The highest BCUT2D eigenvalue weighted by Crippen LogP contribution is 2.28. The van der Waals surface area contributed by atoms with Crippen molar-refractivity contribution in [1.29, 1.82) is 0 Å². The Bertz CT molecular complexity index is 1160. The molecule has 0 saturated carbocycles. The molecule has 0 saturated heterocycles. The molecular weight excluding hydrogens is 509 g/mol. The lowest BCUT2D eigenvalue weighted by atomic mass is 10.1. The molecule has 35 heavy (non-hydrogen) atoms. The van der Waals surface area contributed by atoms with E-state index in [1.165, 1.54) is 4.90 Å². The van der Waals surface area contributed by atoms with Gasteiger partial charge in [0.1, 0.15) is 12.6 Å². The Morgan fingerprint density at radius 2 is 1.66 bits per heavy atom. The van der Waals surface area contributed by atoms with Crippen LogP contribution >= 0.6 is 23.2 Å². The van der Waals surface area contributed by atoms with Gasteiger partial charge in [-0.3, -0.25) is 13.9 Å². The van der Waals surface area contributed by atoms with Gasteiger partial charge in [-0.1, -0.05) is 48.3 Å². The van der Waals surface area contributed by atoms with Crippen LogP contribution in [0.3, 0.4) is 0 Å². The lowest BCUT2D eigenvalue weighted by Gasteiger charge is -2.34. The Kier molecular flexibility index (Phi) is 9.62. The van der Waals surface area contributed by atoms with Crippen molar-refractivity contribution in [3.63, 3.8) is 0 Å². The first-order valence-electron chi connectivity index (χ1n) is 11.2. The second-order valence-electron chi connectivity index (χ2n) is 9.46. The van der Waals surface area contributed by atoms with E-state index in [1.807, 2.05) is 27.7 Å². The molecule has 2 rings (SSSR count). The first kappa shape index (κ1) is 28.9. The number of halogens is 2. The maximum Gasteiger partial charge on any atom is 0.244 e. The number of sulfonamides is 1. The summed E-state index contributed by atoms with van der Waals surface area (Å²) in [6.45, 7) is 8.70. The van der Waals surface area contributed by atoms with Crippen molar-refractivity contribution in [3.8, 4) is 0 Å². The number of nitrogens with zero attached hydrogens (tertiary/aromatic N) is 2. The number of benzene rings is 2. The van der Waals surface area contributed by atoms with Crippen molar-refractivity contribution in [2.45, 2.75) is 59.2 Å². The third-order valence-corrected chi connectivity index (χ3v) is 7.13. The molecular formula is C25H33Cl2N3O4S. The molecule has 0 spiro atoms. The lowest BCUT2D eigenvalue weighted by Crippen LogP contribution is -2.55. The van der Waals surface area contributed by atoms with E-state index in [1.54, 1.807) is 49.4 Å². The van der Waals surface area contributed by atoms with E-state index in [-0.39, 0.29) is 12.5 Å². The number of carbonyl (C=O) groups is 2. The third kappa shape index (κ3) is 8.12. The van der Waals surface area contributed by atoms with Gasteiger partial charge in [0.05, 0.1) is 11.9 Å². The van der Waals surface area contributed by atoms with Gasteiger partial charge in [-0.25, -0.2) is 8.42 Å². The molecule has 192 valence electrons. The van der Waals surface area contributed by atoms with E-state index >= 15 is 0 Å². The standard InChI is InChI=1S/C25H33Cl2N3O4S/c1-7-21(24(32)28-25(3,4)5)29(15-18-11-13-19(26)14-12-18)23(31)16-30(35(6,33)34)22-10-8-9-20(27)17(22)2/h8-14,21H,7,15-16H2,1-6H3,(H,28,32)/t21-/m1/s1. The summed E-state index contributed by atoms with van der Waals surface area (Å²) in [6, 6.07) is 11.0. The van der Waals surface area contributed by atoms with Crippen molar-refractivity contribution in [2.75, 3.05) is 17.1 Å². The largest absolute Gasteiger partial charge is 0.350 e. The van der Waals surface area contributed by atoms with Gasteiger partial charge in [0.25, 0.3) is 0 Å². The smallest absolute Gasteiger partial charge is 0.244 e. The van der Waals surface area contributed by atoms with Gasteiger partial charge in [-0.15, -0.1) is 0 Å². The fourth-order valence-electron chi connectivity index (χ4n) is 3.62. The van der Waals surface area contributed by atoms with E-state index in [2.05, 4.69) is 5.32 Å². The van der Waals surface area contributed by atoms with Crippen LogP contribution in [0.15, 0.2) is 42.5 Å². The van der Waals surface area contributed by atoms with Crippen molar-refractivity contribution >= 4 is 50.7 Å². The second kappa shape index (κ2) is 11.6. The van der Waals surface area contributed by atoms with Crippen LogP contribution in [0.1, 0.15) is 45.2 Å². The van der Waals surface area contributed by atoms with Gasteiger partial charge >= 0.3 is 0 Å². The molecule has 0 heterocycles. The number of amides is 2. The molecule has 0 radical (unpaired) electrons. The van der Waals surface area contributed by atoms with Crippen LogP contribution < -0.4 is 9.62 Å². The van der Waals surface area contributed by atoms with Crippen molar-refractivity contribution in [3.05, 3.63) is 63.6 Å². The Hall–Kier alpha value is -2.29. The zero-order valence-corrected chi connectivity index (χ0v) is 23.3. The molecule has 10 heteroatoms. The normalized spacial score (nSPS) is 12.7. The molecule has 0 aliphatic heterocycles. The van der Waals surface area contributed by atoms with Gasteiger partial charge in [0.2, 0.25) is 21.8 Å². The van der Waals surface area contributed by atoms with E-state index in [0.717, 1.165) is 16.1 Å². The predicted octanol–water partition coefficient (Wildman–Crippen LogP) is 4.79. The van der Waals surface area contributed by atoms with Gasteiger partial charge in [0, 0.05) is 22.1 Å². The van der Waals surface area contributed by atoms with Crippen LogP contribution in [0, 0.1) is 6.92 Å². The summed E-state index contributed by atoms with van der Waals surface area (Å²) in [5.41, 5.74) is 1.10. The minimum absolute atomic E-state index is 0.109. The molecule has 0 aromatic heterocycles. The van der Waals surface area contributed by atoms with Crippen LogP contribution in [0.4, 0.5) is 5.69 Å². The Morgan fingerprint density at radius 1 is 1.06 bits per heavy atom. The van der Waals surface area contributed by atoms with Crippen LogP contribution in [0.5, 0.6) is 0 Å². The number of anilines is 1. The maximum atomic E-state index is 13.7. The zero-order valence-electron chi connectivity index (χ0n) is 20.9. The quantitative estimate of drug-likeness (QED) is 0.494. The molecule has 7 nitrogen and oxygen atoms in total. The summed E-state index contributed by atoms with van der Waals surface area (Å²) < 4.78 is 26.5. The molecule has 0 fully saturated rings. The van der Waals surface area contributed by atoms with E-state index in [9.17, 15) is 18.0 Å². The van der Waals surface area contributed by atoms with Crippen molar-refractivity contribution in [1.82, 2.24) is 10.2 Å². The molecule has 2 aromatic rings. The van der Waals surface area contributed by atoms with Crippen LogP contribution in [0.25, 0.3) is 0 Å². The first-order valence-corrected chi connectivity index (χ1v) is 13.8. The first-order chi connectivity index (χ1) is 16.1. The van der Waals surface area contributed by atoms with Gasteiger partial charge in [-0.05, 0) is 69.5 Å². The highest BCUT2D eigenvalue weighted by Gasteiger charge is 2.33. The minimum atomic E-state index is -3.84. The monoisotopic (exact) mass is 541 g/mol. The number of hydrogen-bond acceptors (Lipinski definition) is 4. The number of carbonyl (C=O) groups excluding carboxylic acids is 2. The molecule has 0 bridgehead atoms. The summed E-state index contributed by atoms with van der Waals surface area (Å²) in [5, 5.41) is 3.86. The van der Waals surface area contributed by atoms with E-state index < -0.39 is 34.1 Å². The average molecular weight is 543 g/mol. The fourth-order valence-corrected chi connectivity index (χ4v) is 4.82. The number of nitrogens with one attached hydrogen (secondary N) is 1. The highest BCUT2D eigenvalue weighted by molar-refractivity contribution is 7.92. The summed E-state index contributed by atoms with van der Waals surface area (Å²) in [5.74, 6) is -0.826. The molecule has 1 atom stereocenters. The maximum absolute atomic E-state index is 13.7. The molecule has 2 amide bonds. The second-order valence-corrected chi connectivity index (χ2v) is 12.2. The molecule has 0 aliphatic carbocycles. The number of hydrogen-bond donors (Lipinski definition) is 1. The summed E-state index contributed by atoms with van der Waals surface area (Å²) in [7, 11) is -3.84. The highest BCUT2D eigenvalue weighted by atomic mass is 35.5. The van der Waals surface area contributed by atoms with Crippen LogP contribution in [-0.4, -0.2) is 49.5 Å². The van der Waals surface area contributed by atoms with E-state index in [0.29, 0.717) is 27.7 Å². The summed E-state index contributed by atoms with van der Waals surface area (Å²) in [6.07, 6.45) is 1.38. The van der Waals surface area contributed by atoms with Crippen molar-refractivity contribution in [2.24, 2.45) is 0 Å². The fraction of sp³-hybridized carbons (Fsp3) is 0.440. The summed E-state index contributed by atoms with van der Waals surface area (Å²) >= 11 is 12.2. The number of rotatable bonds is 9. The van der Waals surface area contributed by atoms with Gasteiger partial charge in [-0.2, -0.15) is 0 Å². The Labute approximate surface area is 218 Å². The Morgan fingerprint density at radius 3 is 2.17 bits per heavy atom. The molecule has 1 N–H and O–H groups in total. The Balaban J connectivity index is 2.49. The third-order valence-electron chi connectivity index (χ3n) is 5.34. The molecule has 2 aromatic carbocycles. The lowest BCUT2D eigenvalue weighted by molar-refractivity contribution is -0.141. The SMILES string of the molecule is CC[C@H](C(=O)NC(C)(C)C)N(Cc1ccc(Cl)cc1)C(=O)CN(c1cccc(Cl)c1C)S(C)(=O)=O. The predicted molar refractivity (Wildman–Crippen MR) is 142 cm³/mol. The average Bonchev–Trinajstić information content (AvgIpc) is 2.73.